The minimum atomic E-state index is 0.165. The largest absolute Gasteiger partial charge is 0.487 e. The van der Waals surface area contributed by atoms with Gasteiger partial charge in [0.15, 0.2) is 0 Å². The van der Waals surface area contributed by atoms with Crippen molar-refractivity contribution in [3.05, 3.63) is 108 Å². The Balaban J connectivity index is 1.34. The fraction of sp³-hybridized carbons (Fsp3) is 0.222. The molecule has 0 spiro atoms. The van der Waals surface area contributed by atoms with Crippen molar-refractivity contribution in [3.63, 3.8) is 0 Å². The molecule has 0 atom stereocenters. The molecule has 0 amide bonds. The summed E-state index contributed by atoms with van der Waals surface area (Å²) in [5.74, 6) is 0.881. The van der Waals surface area contributed by atoms with Crippen LogP contribution in [-0.4, -0.2) is 4.98 Å². The Morgan fingerprint density at radius 1 is 0.759 bits per heavy atom. The third-order valence-corrected chi connectivity index (χ3v) is 5.56. The van der Waals surface area contributed by atoms with Gasteiger partial charge in [-0.3, -0.25) is 0 Å². The molecule has 0 radical (unpaired) electrons. The van der Waals surface area contributed by atoms with Gasteiger partial charge >= 0.3 is 0 Å². The first-order valence-corrected chi connectivity index (χ1v) is 10.2. The van der Waals surface area contributed by atoms with E-state index >= 15 is 0 Å². The van der Waals surface area contributed by atoms with E-state index in [1.165, 1.54) is 11.1 Å². The Hall–Kier alpha value is -3.13. The fourth-order valence-electron chi connectivity index (χ4n) is 3.59. The number of rotatable bonds is 7. The molecule has 0 fully saturated rings. The maximum Gasteiger partial charge on any atom is 0.130 e. The van der Waals surface area contributed by atoms with Crippen LogP contribution in [0.25, 0.3) is 10.9 Å². The molecule has 0 bridgehead atoms. The van der Waals surface area contributed by atoms with Crippen molar-refractivity contribution in [1.82, 2.24) is 4.98 Å². The molecular formula is C27H27NO. The first kappa shape index (κ1) is 19.2. The van der Waals surface area contributed by atoms with Gasteiger partial charge in [-0.25, -0.2) is 4.98 Å². The van der Waals surface area contributed by atoms with Crippen molar-refractivity contribution in [2.75, 3.05) is 0 Å². The molecule has 0 aliphatic heterocycles. The summed E-state index contributed by atoms with van der Waals surface area (Å²) in [6.07, 6.45) is 2.16. The topological polar surface area (TPSA) is 22.1 Å². The average Bonchev–Trinajstić information content (AvgIpc) is 2.77. The number of pyridine rings is 1. The number of hydrogen-bond acceptors (Lipinski definition) is 2. The zero-order valence-electron chi connectivity index (χ0n) is 17.1. The number of hydrogen-bond donors (Lipinski definition) is 0. The van der Waals surface area contributed by atoms with Crippen LogP contribution in [0.1, 0.15) is 37.1 Å². The molecule has 29 heavy (non-hydrogen) atoms. The Morgan fingerprint density at radius 3 is 2.28 bits per heavy atom. The lowest BCUT2D eigenvalue weighted by Gasteiger charge is -2.25. The normalized spacial score (nSPS) is 11.5. The monoisotopic (exact) mass is 381 g/mol. The lowest BCUT2D eigenvalue weighted by molar-refractivity contribution is 0.301. The van der Waals surface area contributed by atoms with Crippen molar-refractivity contribution in [3.8, 4) is 5.75 Å². The fourth-order valence-corrected chi connectivity index (χ4v) is 3.59. The van der Waals surface area contributed by atoms with E-state index in [4.69, 9.17) is 4.74 Å². The van der Waals surface area contributed by atoms with Gasteiger partial charge in [0.2, 0.25) is 0 Å². The van der Waals surface area contributed by atoms with E-state index in [-0.39, 0.29) is 5.41 Å². The maximum atomic E-state index is 5.95. The van der Waals surface area contributed by atoms with Gasteiger partial charge in [0.05, 0.1) is 11.2 Å². The van der Waals surface area contributed by atoms with E-state index in [1.807, 2.05) is 24.3 Å². The van der Waals surface area contributed by atoms with E-state index in [2.05, 4.69) is 85.6 Å². The van der Waals surface area contributed by atoms with Gasteiger partial charge in [0.1, 0.15) is 12.4 Å². The highest BCUT2D eigenvalue weighted by Crippen LogP contribution is 2.28. The quantitative estimate of drug-likeness (QED) is 0.354. The van der Waals surface area contributed by atoms with Crippen LogP contribution in [0.15, 0.2) is 91.0 Å². The summed E-state index contributed by atoms with van der Waals surface area (Å²) in [7, 11) is 0. The van der Waals surface area contributed by atoms with Crippen molar-refractivity contribution in [2.24, 2.45) is 0 Å². The average molecular weight is 382 g/mol. The highest BCUT2D eigenvalue weighted by molar-refractivity contribution is 5.78. The molecule has 3 aromatic carbocycles. The predicted molar refractivity (Wildman–Crippen MR) is 120 cm³/mol. The molecule has 4 aromatic rings. The Morgan fingerprint density at radius 2 is 1.48 bits per heavy atom. The van der Waals surface area contributed by atoms with Crippen LogP contribution >= 0.6 is 0 Å². The van der Waals surface area contributed by atoms with Gasteiger partial charge in [0, 0.05) is 5.39 Å². The molecule has 1 heterocycles. The van der Waals surface area contributed by atoms with Crippen LogP contribution in [0.4, 0.5) is 0 Å². The first-order chi connectivity index (χ1) is 14.1. The Bertz CT molecular complexity index is 1070. The van der Waals surface area contributed by atoms with E-state index in [0.29, 0.717) is 6.61 Å². The molecule has 0 aliphatic carbocycles. The second kappa shape index (κ2) is 8.48. The van der Waals surface area contributed by atoms with E-state index < -0.39 is 0 Å². The summed E-state index contributed by atoms with van der Waals surface area (Å²) in [5.41, 5.74) is 4.84. The van der Waals surface area contributed by atoms with Crippen LogP contribution in [0.5, 0.6) is 5.75 Å². The SMILES string of the molecule is CC(C)(CCc1ccc(OCc2ccc3ccccc3n2)cc1)c1ccccc1. The number of fused-ring (bicyclic) bond motifs is 1. The molecule has 2 heteroatoms. The minimum absolute atomic E-state index is 0.165. The second-order valence-electron chi connectivity index (χ2n) is 8.18. The molecule has 2 nitrogen and oxygen atoms in total. The third-order valence-electron chi connectivity index (χ3n) is 5.56. The molecule has 0 unspecified atom stereocenters. The highest BCUT2D eigenvalue weighted by Gasteiger charge is 2.19. The molecule has 4 rings (SSSR count). The first-order valence-electron chi connectivity index (χ1n) is 10.2. The molecule has 0 aliphatic rings. The highest BCUT2D eigenvalue weighted by atomic mass is 16.5. The summed E-state index contributed by atoms with van der Waals surface area (Å²) in [5, 5.41) is 1.15. The van der Waals surface area contributed by atoms with Gasteiger partial charge in [-0.05, 0) is 53.6 Å². The summed E-state index contributed by atoms with van der Waals surface area (Å²) >= 11 is 0. The summed E-state index contributed by atoms with van der Waals surface area (Å²) < 4.78 is 5.95. The van der Waals surface area contributed by atoms with Gasteiger partial charge in [0.25, 0.3) is 0 Å². The van der Waals surface area contributed by atoms with Gasteiger partial charge in [-0.1, -0.05) is 80.6 Å². The van der Waals surface area contributed by atoms with E-state index in [9.17, 15) is 0 Å². The van der Waals surface area contributed by atoms with Crippen molar-refractivity contribution in [1.29, 1.82) is 0 Å². The number of aromatic nitrogens is 1. The van der Waals surface area contributed by atoms with Gasteiger partial charge < -0.3 is 4.74 Å². The molecular weight excluding hydrogens is 354 g/mol. The smallest absolute Gasteiger partial charge is 0.130 e. The number of benzene rings is 3. The zero-order valence-corrected chi connectivity index (χ0v) is 17.1. The summed E-state index contributed by atoms with van der Waals surface area (Å²) in [4.78, 5) is 4.67. The van der Waals surface area contributed by atoms with Gasteiger partial charge in [-0.2, -0.15) is 0 Å². The van der Waals surface area contributed by atoms with Crippen LogP contribution < -0.4 is 4.74 Å². The molecule has 0 N–H and O–H groups in total. The lowest BCUT2D eigenvalue weighted by atomic mass is 9.80. The Kier molecular flexibility index (Phi) is 5.62. The van der Waals surface area contributed by atoms with E-state index in [0.717, 1.165) is 35.2 Å². The zero-order chi connectivity index (χ0) is 20.1. The van der Waals surface area contributed by atoms with Gasteiger partial charge in [-0.15, -0.1) is 0 Å². The molecule has 0 saturated heterocycles. The van der Waals surface area contributed by atoms with Crippen LogP contribution in [0.2, 0.25) is 0 Å². The third kappa shape index (κ3) is 4.83. The Labute approximate surface area is 173 Å². The second-order valence-corrected chi connectivity index (χ2v) is 8.18. The van der Waals surface area contributed by atoms with Crippen molar-refractivity contribution >= 4 is 10.9 Å². The number of nitrogens with zero attached hydrogens (tertiary/aromatic N) is 1. The lowest BCUT2D eigenvalue weighted by Crippen LogP contribution is -2.17. The van der Waals surface area contributed by atoms with Crippen LogP contribution in [0.3, 0.4) is 0 Å². The summed E-state index contributed by atoms with van der Waals surface area (Å²) in [6.45, 7) is 5.11. The van der Waals surface area contributed by atoms with Crippen molar-refractivity contribution in [2.45, 2.75) is 38.7 Å². The number of ether oxygens (including phenoxy) is 1. The molecule has 146 valence electrons. The number of para-hydroxylation sites is 1. The van der Waals surface area contributed by atoms with Crippen molar-refractivity contribution < 1.29 is 4.74 Å². The summed E-state index contributed by atoms with van der Waals surface area (Å²) in [6, 6.07) is 31.5. The standard InChI is InChI=1S/C27H27NO/c1-27(2,23-9-4-3-5-10-23)19-18-21-12-16-25(17-13-21)29-20-24-15-14-22-8-6-7-11-26(22)28-24/h3-17H,18-20H2,1-2H3. The maximum absolute atomic E-state index is 5.95. The molecule has 1 aromatic heterocycles. The molecule has 0 saturated carbocycles. The van der Waals surface area contributed by atoms with E-state index in [1.54, 1.807) is 0 Å². The minimum Gasteiger partial charge on any atom is -0.487 e. The predicted octanol–water partition coefficient (Wildman–Crippen LogP) is 6.72. The van der Waals surface area contributed by atoms with Crippen LogP contribution in [0, 0.1) is 0 Å². The number of aryl methyl sites for hydroxylation is 1. The van der Waals surface area contributed by atoms with Crippen LogP contribution in [-0.2, 0) is 18.4 Å².